The Hall–Kier alpha value is -2.12. The molecule has 7 nitrogen and oxygen atoms in total. The first-order chi connectivity index (χ1) is 13.3. The monoisotopic (exact) mass is 405 g/mol. The zero-order chi connectivity index (χ0) is 18.5. The van der Waals surface area contributed by atoms with Gasteiger partial charge in [0.2, 0.25) is 5.88 Å². The van der Waals surface area contributed by atoms with Crippen molar-refractivity contribution in [3.8, 4) is 5.88 Å². The molecule has 1 amide bonds. The molecule has 0 spiro atoms. The van der Waals surface area contributed by atoms with Crippen molar-refractivity contribution in [1.82, 2.24) is 25.4 Å². The maximum absolute atomic E-state index is 12.4. The van der Waals surface area contributed by atoms with Crippen LogP contribution < -0.4 is 15.4 Å². The number of aromatic nitrogens is 3. The number of nitrogens with zero attached hydrogens (tertiary/aromatic N) is 3. The number of amides is 1. The topological polar surface area (TPSA) is 81.1 Å². The van der Waals surface area contributed by atoms with Gasteiger partial charge in [-0.25, -0.2) is 4.98 Å². The first-order valence-electron chi connectivity index (χ1n) is 9.93. The van der Waals surface area contributed by atoms with Crippen LogP contribution in [0, 0.1) is 0 Å². The van der Waals surface area contributed by atoms with E-state index in [0.717, 1.165) is 44.3 Å². The average Bonchev–Trinajstić information content (AvgIpc) is 3.39. The number of nitrogens with one attached hydrogen (secondary N) is 2. The van der Waals surface area contributed by atoms with Crippen molar-refractivity contribution in [3.63, 3.8) is 0 Å². The molecule has 28 heavy (non-hydrogen) atoms. The van der Waals surface area contributed by atoms with Gasteiger partial charge in [0.1, 0.15) is 11.8 Å². The molecular weight excluding hydrogens is 378 g/mol. The fraction of sp³-hybridized carbons (Fsp3) is 0.550. The molecule has 0 aromatic carbocycles. The van der Waals surface area contributed by atoms with Gasteiger partial charge < -0.3 is 15.4 Å². The van der Waals surface area contributed by atoms with Gasteiger partial charge in [0.15, 0.2) is 0 Å². The molecule has 1 saturated heterocycles. The van der Waals surface area contributed by atoms with Crippen molar-refractivity contribution < 1.29 is 9.53 Å². The molecule has 1 atom stereocenters. The van der Waals surface area contributed by atoms with Crippen molar-refractivity contribution in [2.75, 3.05) is 13.1 Å². The summed E-state index contributed by atoms with van der Waals surface area (Å²) in [5.41, 5.74) is 1.43. The number of carbonyl (C=O) groups excluding carboxylic acids is 1. The van der Waals surface area contributed by atoms with Crippen LogP contribution in [0.4, 0.5) is 0 Å². The lowest BCUT2D eigenvalue weighted by Gasteiger charge is -2.22. The number of carbonyl (C=O) groups is 1. The van der Waals surface area contributed by atoms with E-state index in [2.05, 4.69) is 20.7 Å². The van der Waals surface area contributed by atoms with Crippen LogP contribution in [0.3, 0.4) is 0 Å². The Morgan fingerprint density at radius 1 is 1.25 bits per heavy atom. The van der Waals surface area contributed by atoms with Crippen LogP contribution in [-0.2, 0) is 6.54 Å². The molecule has 2 aromatic rings. The van der Waals surface area contributed by atoms with Crippen molar-refractivity contribution in [2.24, 2.45) is 0 Å². The first-order valence-corrected chi connectivity index (χ1v) is 9.93. The van der Waals surface area contributed by atoms with Gasteiger partial charge in [-0.15, -0.1) is 12.4 Å². The molecule has 152 valence electrons. The van der Waals surface area contributed by atoms with E-state index in [1.54, 1.807) is 12.3 Å². The van der Waals surface area contributed by atoms with E-state index in [1.807, 2.05) is 23.0 Å². The summed E-state index contributed by atoms with van der Waals surface area (Å²) >= 11 is 0. The quantitative estimate of drug-likeness (QED) is 0.772. The van der Waals surface area contributed by atoms with Crippen molar-refractivity contribution in [1.29, 1.82) is 0 Å². The van der Waals surface area contributed by atoms with E-state index >= 15 is 0 Å². The largest absolute Gasteiger partial charge is 0.474 e. The molecule has 0 radical (unpaired) electrons. The summed E-state index contributed by atoms with van der Waals surface area (Å²) < 4.78 is 7.84. The Morgan fingerprint density at radius 3 is 2.89 bits per heavy atom. The van der Waals surface area contributed by atoms with Crippen molar-refractivity contribution in [3.05, 3.63) is 41.9 Å². The molecule has 3 heterocycles. The van der Waals surface area contributed by atoms with Crippen LogP contribution in [0.25, 0.3) is 0 Å². The van der Waals surface area contributed by atoms with Gasteiger partial charge in [0, 0.05) is 31.5 Å². The van der Waals surface area contributed by atoms with Crippen LogP contribution in [0.1, 0.15) is 60.6 Å². The smallest absolute Gasteiger partial charge is 0.272 e. The molecule has 2 aliphatic rings. The summed E-state index contributed by atoms with van der Waals surface area (Å²) in [5.74, 6) is 0.482. The van der Waals surface area contributed by atoms with E-state index in [1.165, 1.54) is 12.8 Å². The summed E-state index contributed by atoms with van der Waals surface area (Å²) in [6.07, 6.45) is 10.8. The third-order valence-corrected chi connectivity index (χ3v) is 5.33. The highest BCUT2D eigenvalue weighted by Gasteiger charge is 2.18. The minimum atomic E-state index is -0.160. The minimum absolute atomic E-state index is 0. The summed E-state index contributed by atoms with van der Waals surface area (Å²) in [6, 6.07) is 5.92. The highest BCUT2D eigenvalue weighted by molar-refractivity contribution is 5.92. The number of rotatable bonds is 6. The SMILES string of the molecule is Cl.O=C(NCc1ccnc(OC2CCCC2)c1)c1ccn(C2CCCNC2)n1. The van der Waals surface area contributed by atoms with E-state index in [0.29, 0.717) is 24.2 Å². The number of ether oxygens (including phenoxy) is 1. The number of pyridine rings is 1. The molecule has 1 aliphatic carbocycles. The van der Waals surface area contributed by atoms with E-state index < -0.39 is 0 Å². The molecule has 1 aliphatic heterocycles. The lowest BCUT2D eigenvalue weighted by atomic mass is 10.1. The molecule has 1 saturated carbocycles. The molecule has 1 unspecified atom stereocenters. The zero-order valence-electron chi connectivity index (χ0n) is 16.0. The summed E-state index contributed by atoms with van der Waals surface area (Å²) in [5, 5.41) is 10.8. The van der Waals surface area contributed by atoms with Gasteiger partial charge in [0.05, 0.1) is 6.04 Å². The lowest BCUT2D eigenvalue weighted by molar-refractivity contribution is 0.0944. The standard InChI is InChI=1S/C20H27N5O2.ClH/c26-20(18-8-11-25(24-18)16-4-3-9-21-14-16)23-13-15-7-10-22-19(12-15)27-17-5-1-2-6-17;/h7-8,10-12,16-17,21H,1-6,9,13-14H2,(H,23,26);1H. The molecule has 2 fully saturated rings. The number of piperidine rings is 1. The summed E-state index contributed by atoms with van der Waals surface area (Å²) in [4.78, 5) is 16.7. The molecule has 2 N–H and O–H groups in total. The summed E-state index contributed by atoms with van der Waals surface area (Å²) in [6.45, 7) is 2.40. The van der Waals surface area contributed by atoms with Gasteiger partial charge in [-0.1, -0.05) is 0 Å². The van der Waals surface area contributed by atoms with E-state index in [4.69, 9.17) is 4.74 Å². The van der Waals surface area contributed by atoms with Crippen LogP contribution in [0.5, 0.6) is 5.88 Å². The second-order valence-corrected chi connectivity index (χ2v) is 7.39. The van der Waals surface area contributed by atoms with Crippen LogP contribution in [-0.4, -0.2) is 39.9 Å². The van der Waals surface area contributed by atoms with Gasteiger partial charge in [-0.2, -0.15) is 5.10 Å². The molecular formula is C20H28ClN5O2. The number of hydrogen-bond acceptors (Lipinski definition) is 5. The Kier molecular flexibility index (Phi) is 7.28. The van der Waals surface area contributed by atoms with Gasteiger partial charge in [-0.05, 0) is 62.8 Å². The normalized spacial score (nSPS) is 19.8. The number of hydrogen-bond donors (Lipinski definition) is 2. The molecule has 0 bridgehead atoms. The number of halogens is 1. The van der Waals surface area contributed by atoms with Gasteiger partial charge in [-0.3, -0.25) is 9.48 Å². The predicted octanol–water partition coefficient (Wildman–Crippen LogP) is 2.88. The van der Waals surface area contributed by atoms with Crippen molar-refractivity contribution in [2.45, 2.75) is 57.2 Å². The second kappa shape index (κ2) is 9.89. The second-order valence-electron chi connectivity index (χ2n) is 7.39. The van der Waals surface area contributed by atoms with Gasteiger partial charge in [0.25, 0.3) is 5.91 Å². The summed E-state index contributed by atoms with van der Waals surface area (Å²) in [7, 11) is 0. The molecule has 8 heteroatoms. The maximum Gasteiger partial charge on any atom is 0.272 e. The van der Waals surface area contributed by atoms with Crippen LogP contribution in [0.2, 0.25) is 0 Å². The van der Waals surface area contributed by atoms with Crippen LogP contribution in [0.15, 0.2) is 30.6 Å². The van der Waals surface area contributed by atoms with E-state index in [-0.39, 0.29) is 24.4 Å². The highest BCUT2D eigenvalue weighted by atomic mass is 35.5. The fourth-order valence-electron chi connectivity index (χ4n) is 3.80. The zero-order valence-corrected chi connectivity index (χ0v) is 16.8. The predicted molar refractivity (Wildman–Crippen MR) is 109 cm³/mol. The molecule has 2 aromatic heterocycles. The van der Waals surface area contributed by atoms with Crippen molar-refractivity contribution >= 4 is 18.3 Å². The highest BCUT2D eigenvalue weighted by Crippen LogP contribution is 2.23. The maximum atomic E-state index is 12.4. The third-order valence-electron chi connectivity index (χ3n) is 5.33. The molecule has 4 rings (SSSR count). The minimum Gasteiger partial charge on any atom is -0.474 e. The average molecular weight is 406 g/mol. The Bertz CT molecular complexity index is 769. The lowest BCUT2D eigenvalue weighted by Crippen LogP contribution is -2.32. The Labute approximate surface area is 171 Å². The Balaban J connectivity index is 0.00000225. The van der Waals surface area contributed by atoms with Gasteiger partial charge >= 0.3 is 0 Å². The third kappa shape index (κ3) is 5.23. The first kappa shape index (κ1) is 20.6. The van der Waals surface area contributed by atoms with Crippen LogP contribution >= 0.6 is 12.4 Å². The van der Waals surface area contributed by atoms with E-state index in [9.17, 15) is 4.79 Å². The Morgan fingerprint density at radius 2 is 2.11 bits per heavy atom. The fourth-order valence-corrected chi connectivity index (χ4v) is 3.80.